The van der Waals surface area contributed by atoms with Crippen LogP contribution in [0.15, 0.2) is 12.7 Å². The fraction of sp³-hybridized carbons (Fsp3) is 0.778. The van der Waals surface area contributed by atoms with Gasteiger partial charge < -0.3 is 19.5 Å². The van der Waals surface area contributed by atoms with Crippen LogP contribution >= 0.6 is 0 Å². The third kappa shape index (κ3) is 1.91. The largest absolute Gasteiger partial charge is 0.374 e. The van der Waals surface area contributed by atoms with Gasteiger partial charge in [0.2, 0.25) is 5.79 Å². The van der Waals surface area contributed by atoms with Gasteiger partial charge in [-0.25, -0.2) is 0 Å². The molecule has 2 saturated heterocycles. The van der Waals surface area contributed by atoms with Gasteiger partial charge >= 0.3 is 0 Å². The summed E-state index contributed by atoms with van der Waals surface area (Å²) >= 11 is 0. The van der Waals surface area contributed by atoms with Crippen molar-refractivity contribution in [3.63, 3.8) is 0 Å². The van der Waals surface area contributed by atoms with E-state index in [0.29, 0.717) is 33.0 Å². The summed E-state index contributed by atoms with van der Waals surface area (Å²) in [6, 6.07) is 0.201. The van der Waals surface area contributed by atoms with Crippen molar-refractivity contribution < 1.29 is 14.2 Å². The van der Waals surface area contributed by atoms with Crippen LogP contribution in [-0.4, -0.2) is 44.8 Å². The molecular formula is C9H15NO3. The predicted molar refractivity (Wildman–Crippen MR) is 47.4 cm³/mol. The van der Waals surface area contributed by atoms with E-state index in [0.717, 1.165) is 0 Å². The molecule has 0 aliphatic carbocycles. The number of ether oxygens (including phenoxy) is 3. The van der Waals surface area contributed by atoms with E-state index in [9.17, 15) is 0 Å². The summed E-state index contributed by atoms with van der Waals surface area (Å²) in [6.07, 6.45) is 1.84. The number of nitrogens with one attached hydrogen (secondary N) is 1. The predicted octanol–water partition coefficient (Wildman–Crippen LogP) is -0.0961. The topological polar surface area (TPSA) is 39.7 Å². The van der Waals surface area contributed by atoms with Crippen molar-refractivity contribution >= 4 is 0 Å². The molecule has 0 saturated carbocycles. The van der Waals surface area contributed by atoms with Crippen LogP contribution in [0.5, 0.6) is 0 Å². The number of hydrogen-bond acceptors (Lipinski definition) is 4. The fourth-order valence-corrected chi connectivity index (χ4v) is 1.57. The maximum absolute atomic E-state index is 5.51. The monoisotopic (exact) mass is 185 g/mol. The van der Waals surface area contributed by atoms with E-state index in [-0.39, 0.29) is 6.04 Å². The molecule has 2 aliphatic heterocycles. The van der Waals surface area contributed by atoms with Crippen LogP contribution in [0, 0.1) is 0 Å². The Morgan fingerprint density at radius 1 is 1.38 bits per heavy atom. The van der Waals surface area contributed by atoms with E-state index >= 15 is 0 Å². The molecule has 0 amide bonds. The van der Waals surface area contributed by atoms with Gasteiger partial charge in [-0.1, -0.05) is 6.08 Å². The molecule has 0 aromatic rings. The summed E-state index contributed by atoms with van der Waals surface area (Å²) in [5.41, 5.74) is 0. The average molecular weight is 185 g/mol. The normalized spacial score (nSPS) is 33.1. The number of hydrogen-bond donors (Lipinski definition) is 1. The zero-order chi connectivity index (χ0) is 9.15. The van der Waals surface area contributed by atoms with Crippen LogP contribution in [-0.2, 0) is 14.2 Å². The SMILES string of the molecule is C=C[C@@H]1COCC2(CN1)OCCO2. The fourth-order valence-electron chi connectivity index (χ4n) is 1.57. The minimum Gasteiger partial charge on any atom is -0.374 e. The number of rotatable bonds is 1. The third-order valence-corrected chi connectivity index (χ3v) is 2.35. The molecule has 0 bridgehead atoms. The van der Waals surface area contributed by atoms with Gasteiger partial charge in [-0.2, -0.15) is 0 Å². The van der Waals surface area contributed by atoms with E-state index in [1.165, 1.54) is 0 Å². The highest BCUT2D eigenvalue weighted by Crippen LogP contribution is 2.20. The highest BCUT2D eigenvalue weighted by Gasteiger charge is 2.38. The second kappa shape index (κ2) is 3.75. The van der Waals surface area contributed by atoms with Crippen molar-refractivity contribution in [2.75, 3.05) is 33.0 Å². The van der Waals surface area contributed by atoms with Crippen molar-refractivity contribution in [3.8, 4) is 0 Å². The van der Waals surface area contributed by atoms with Gasteiger partial charge in [0.25, 0.3) is 0 Å². The lowest BCUT2D eigenvalue weighted by molar-refractivity contribution is -0.181. The second-order valence-electron chi connectivity index (χ2n) is 3.35. The van der Waals surface area contributed by atoms with Crippen LogP contribution in [0.4, 0.5) is 0 Å². The Morgan fingerprint density at radius 3 is 2.85 bits per heavy atom. The smallest absolute Gasteiger partial charge is 0.204 e. The van der Waals surface area contributed by atoms with Gasteiger partial charge in [-0.3, -0.25) is 0 Å². The molecule has 2 fully saturated rings. The molecule has 2 rings (SSSR count). The maximum Gasteiger partial charge on any atom is 0.204 e. The van der Waals surface area contributed by atoms with Crippen LogP contribution in [0.3, 0.4) is 0 Å². The first-order chi connectivity index (χ1) is 6.35. The molecule has 0 aromatic carbocycles. The Morgan fingerprint density at radius 2 is 2.15 bits per heavy atom. The van der Waals surface area contributed by atoms with Crippen LogP contribution < -0.4 is 5.32 Å². The third-order valence-electron chi connectivity index (χ3n) is 2.35. The summed E-state index contributed by atoms with van der Waals surface area (Å²) in [5, 5.41) is 3.27. The zero-order valence-corrected chi connectivity index (χ0v) is 7.62. The first-order valence-corrected chi connectivity index (χ1v) is 4.56. The molecule has 74 valence electrons. The van der Waals surface area contributed by atoms with Crippen LogP contribution in [0.2, 0.25) is 0 Å². The molecule has 0 unspecified atom stereocenters. The molecule has 0 aromatic heterocycles. The van der Waals surface area contributed by atoms with E-state index in [1.807, 2.05) is 6.08 Å². The molecule has 2 aliphatic rings. The van der Waals surface area contributed by atoms with Crippen molar-refractivity contribution in [1.82, 2.24) is 5.32 Å². The first kappa shape index (κ1) is 9.15. The summed E-state index contributed by atoms with van der Waals surface area (Å²) in [5.74, 6) is -0.544. The Kier molecular flexibility index (Phi) is 2.64. The van der Waals surface area contributed by atoms with Gasteiger partial charge in [-0.15, -0.1) is 6.58 Å². The van der Waals surface area contributed by atoms with Gasteiger partial charge in [-0.05, 0) is 0 Å². The lowest BCUT2D eigenvalue weighted by Crippen LogP contribution is -2.44. The van der Waals surface area contributed by atoms with E-state index in [2.05, 4.69) is 11.9 Å². The van der Waals surface area contributed by atoms with Crippen LogP contribution in [0.25, 0.3) is 0 Å². The Bertz CT molecular complexity index is 189. The molecule has 1 atom stereocenters. The van der Waals surface area contributed by atoms with Crippen LogP contribution in [0.1, 0.15) is 0 Å². The molecule has 13 heavy (non-hydrogen) atoms. The summed E-state index contributed by atoms with van der Waals surface area (Å²) in [7, 11) is 0. The quantitative estimate of drug-likeness (QED) is 0.579. The van der Waals surface area contributed by atoms with E-state index in [4.69, 9.17) is 14.2 Å². The average Bonchev–Trinajstić information content (AvgIpc) is 2.49. The molecular weight excluding hydrogens is 170 g/mol. The van der Waals surface area contributed by atoms with Gasteiger partial charge in [0.15, 0.2) is 0 Å². The Labute approximate surface area is 77.8 Å². The van der Waals surface area contributed by atoms with Crippen molar-refractivity contribution in [2.24, 2.45) is 0 Å². The Hall–Kier alpha value is -0.420. The van der Waals surface area contributed by atoms with Crippen molar-refractivity contribution in [2.45, 2.75) is 11.8 Å². The molecule has 2 heterocycles. The van der Waals surface area contributed by atoms with E-state index < -0.39 is 5.79 Å². The highest BCUT2D eigenvalue weighted by molar-refractivity contribution is 4.91. The highest BCUT2D eigenvalue weighted by atomic mass is 16.8. The molecule has 4 nitrogen and oxygen atoms in total. The van der Waals surface area contributed by atoms with Crippen molar-refractivity contribution in [1.29, 1.82) is 0 Å². The minimum absolute atomic E-state index is 0.201. The first-order valence-electron chi connectivity index (χ1n) is 4.56. The summed E-state index contributed by atoms with van der Waals surface area (Å²) in [4.78, 5) is 0. The van der Waals surface area contributed by atoms with Gasteiger partial charge in [0, 0.05) is 6.04 Å². The Balaban J connectivity index is 1.96. The lowest BCUT2D eigenvalue weighted by atomic mass is 10.2. The molecule has 1 spiro atoms. The maximum atomic E-state index is 5.51. The minimum atomic E-state index is -0.544. The summed E-state index contributed by atoms with van der Waals surface area (Å²) in [6.45, 7) is 6.84. The molecule has 1 N–H and O–H groups in total. The molecule has 4 heteroatoms. The summed E-state index contributed by atoms with van der Waals surface area (Å²) < 4.78 is 16.5. The molecule has 0 radical (unpaired) electrons. The van der Waals surface area contributed by atoms with Gasteiger partial charge in [0.05, 0.1) is 26.4 Å². The lowest BCUT2D eigenvalue weighted by Gasteiger charge is -2.24. The standard InChI is InChI=1S/C9H15NO3/c1-2-8-5-11-7-9(6-10-8)12-3-4-13-9/h2,8,10H,1,3-7H2/t8-/m1/s1. The van der Waals surface area contributed by atoms with Gasteiger partial charge in [0.1, 0.15) is 6.61 Å². The zero-order valence-electron chi connectivity index (χ0n) is 7.62. The van der Waals surface area contributed by atoms with Crippen molar-refractivity contribution in [3.05, 3.63) is 12.7 Å². The van der Waals surface area contributed by atoms with E-state index in [1.54, 1.807) is 0 Å². The second-order valence-corrected chi connectivity index (χ2v) is 3.35.